The van der Waals surface area contributed by atoms with Crippen LogP contribution in [-0.4, -0.2) is 40.0 Å². The molecular weight excluding hydrogens is 250 g/mol. The summed E-state index contributed by atoms with van der Waals surface area (Å²) in [6, 6.07) is 0. The van der Waals surface area contributed by atoms with E-state index in [1.807, 2.05) is 0 Å². The molecule has 1 aliphatic rings. The summed E-state index contributed by atoms with van der Waals surface area (Å²) in [6.07, 6.45) is 9.17. The summed E-state index contributed by atoms with van der Waals surface area (Å²) in [5, 5.41) is 3.62. The number of methoxy groups -OCH3 is 1. The standard InChI is InChI=1S/C17H35NO2/c1-4-6-9-17(5-2,15-18-10-13-19-3)14-16-7-11-20-12-8-16/h16,18H,4-15H2,1-3H3. The van der Waals surface area contributed by atoms with Gasteiger partial charge in [0.15, 0.2) is 0 Å². The maximum Gasteiger partial charge on any atom is 0.0587 e. The highest BCUT2D eigenvalue weighted by Crippen LogP contribution is 2.38. The van der Waals surface area contributed by atoms with Gasteiger partial charge in [0.2, 0.25) is 0 Å². The third-order valence-corrected chi connectivity index (χ3v) is 4.86. The fraction of sp³-hybridized carbons (Fsp3) is 1.00. The quantitative estimate of drug-likeness (QED) is 0.588. The Morgan fingerprint density at radius 1 is 1.25 bits per heavy atom. The van der Waals surface area contributed by atoms with E-state index >= 15 is 0 Å². The lowest BCUT2D eigenvalue weighted by Gasteiger charge is -2.38. The molecule has 0 amide bonds. The largest absolute Gasteiger partial charge is 0.383 e. The maximum absolute atomic E-state index is 5.51. The van der Waals surface area contributed by atoms with Gasteiger partial charge in [0.25, 0.3) is 0 Å². The highest BCUT2D eigenvalue weighted by atomic mass is 16.5. The van der Waals surface area contributed by atoms with E-state index in [0.29, 0.717) is 5.41 Å². The van der Waals surface area contributed by atoms with Gasteiger partial charge in [-0.15, -0.1) is 0 Å². The molecule has 0 spiro atoms. The van der Waals surface area contributed by atoms with E-state index < -0.39 is 0 Å². The second-order valence-electron chi connectivity index (χ2n) is 6.39. The highest BCUT2D eigenvalue weighted by molar-refractivity contribution is 4.84. The summed E-state index contributed by atoms with van der Waals surface area (Å²) in [6.45, 7) is 9.53. The minimum Gasteiger partial charge on any atom is -0.383 e. The van der Waals surface area contributed by atoms with Gasteiger partial charge in [-0.25, -0.2) is 0 Å². The molecule has 0 aromatic carbocycles. The Kier molecular flexibility index (Phi) is 9.49. The molecule has 1 aliphatic heterocycles. The summed E-state index contributed by atoms with van der Waals surface area (Å²) < 4.78 is 10.7. The molecule has 1 unspecified atom stereocenters. The predicted molar refractivity (Wildman–Crippen MR) is 85.2 cm³/mol. The number of ether oxygens (including phenoxy) is 2. The normalized spacial score (nSPS) is 19.9. The van der Waals surface area contributed by atoms with Gasteiger partial charge >= 0.3 is 0 Å². The van der Waals surface area contributed by atoms with Crippen molar-refractivity contribution in [2.75, 3.05) is 40.0 Å². The molecule has 20 heavy (non-hydrogen) atoms. The first kappa shape index (κ1) is 17.9. The second-order valence-corrected chi connectivity index (χ2v) is 6.39. The van der Waals surface area contributed by atoms with Crippen molar-refractivity contribution in [3.63, 3.8) is 0 Å². The zero-order chi connectivity index (χ0) is 14.7. The van der Waals surface area contributed by atoms with Crippen molar-refractivity contribution in [1.29, 1.82) is 0 Å². The fourth-order valence-corrected chi connectivity index (χ4v) is 3.35. The van der Waals surface area contributed by atoms with Crippen molar-refractivity contribution < 1.29 is 9.47 Å². The lowest BCUT2D eigenvalue weighted by molar-refractivity contribution is 0.0425. The molecule has 0 bridgehead atoms. The molecule has 1 atom stereocenters. The van der Waals surface area contributed by atoms with E-state index in [1.54, 1.807) is 7.11 Å². The van der Waals surface area contributed by atoms with Gasteiger partial charge in [0.1, 0.15) is 0 Å². The number of hydrogen-bond acceptors (Lipinski definition) is 3. The third kappa shape index (κ3) is 6.55. The zero-order valence-electron chi connectivity index (χ0n) is 13.9. The maximum atomic E-state index is 5.51. The Bertz CT molecular complexity index is 229. The lowest BCUT2D eigenvalue weighted by atomic mass is 9.72. The molecule has 0 aliphatic carbocycles. The van der Waals surface area contributed by atoms with E-state index in [9.17, 15) is 0 Å². The molecule has 1 heterocycles. The molecule has 0 radical (unpaired) electrons. The van der Waals surface area contributed by atoms with Crippen molar-refractivity contribution in [3.8, 4) is 0 Å². The molecule has 0 saturated carbocycles. The van der Waals surface area contributed by atoms with Crippen LogP contribution in [0, 0.1) is 11.3 Å². The van der Waals surface area contributed by atoms with Crippen LogP contribution in [-0.2, 0) is 9.47 Å². The first-order chi connectivity index (χ1) is 9.76. The van der Waals surface area contributed by atoms with Crippen molar-refractivity contribution in [1.82, 2.24) is 5.32 Å². The van der Waals surface area contributed by atoms with Crippen LogP contribution < -0.4 is 5.32 Å². The molecule has 1 fully saturated rings. The van der Waals surface area contributed by atoms with Crippen LogP contribution >= 0.6 is 0 Å². The van der Waals surface area contributed by atoms with Gasteiger partial charge in [-0.2, -0.15) is 0 Å². The van der Waals surface area contributed by atoms with Crippen molar-refractivity contribution in [2.24, 2.45) is 11.3 Å². The highest BCUT2D eigenvalue weighted by Gasteiger charge is 2.31. The molecule has 0 aromatic heterocycles. The Labute approximate surface area is 125 Å². The number of rotatable bonds is 11. The number of unbranched alkanes of at least 4 members (excludes halogenated alkanes) is 1. The Balaban J connectivity index is 2.50. The Hall–Kier alpha value is -0.120. The van der Waals surface area contributed by atoms with Crippen molar-refractivity contribution in [3.05, 3.63) is 0 Å². The van der Waals surface area contributed by atoms with E-state index in [4.69, 9.17) is 9.47 Å². The van der Waals surface area contributed by atoms with Crippen LogP contribution in [0.15, 0.2) is 0 Å². The molecular formula is C17H35NO2. The van der Waals surface area contributed by atoms with Crippen LogP contribution in [0.4, 0.5) is 0 Å². The average molecular weight is 285 g/mol. The van der Waals surface area contributed by atoms with Gasteiger partial charge in [-0.05, 0) is 43.4 Å². The monoisotopic (exact) mass is 285 g/mol. The number of hydrogen-bond donors (Lipinski definition) is 1. The smallest absolute Gasteiger partial charge is 0.0587 e. The van der Waals surface area contributed by atoms with Crippen molar-refractivity contribution >= 4 is 0 Å². The summed E-state index contributed by atoms with van der Waals surface area (Å²) in [5.41, 5.74) is 0.478. The van der Waals surface area contributed by atoms with E-state index in [0.717, 1.165) is 38.8 Å². The predicted octanol–water partition coefficient (Wildman–Crippen LogP) is 3.63. The van der Waals surface area contributed by atoms with Gasteiger partial charge in [-0.1, -0.05) is 26.7 Å². The van der Waals surface area contributed by atoms with Gasteiger partial charge in [-0.3, -0.25) is 0 Å². The molecule has 3 heteroatoms. The molecule has 3 nitrogen and oxygen atoms in total. The van der Waals surface area contributed by atoms with Crippen LogP contribution in [0.1, 0.15) is 58.8 Å². The van der Waals surface area contributed by atoms with Crippen LogP contribution in [0.5, 0.6) is 0 Å². The van der Waals surface area contributed by atoms with Gasteiger partial charge in [0, 0.05) is 33.4 Å². The van der Waals surface area contributed by atoms with E-state index in [2.05, 4.69) is 19.2 Å². The Morgan fingerprint density at radius 2 is 2.00 bits per heavy atom. The minimum atomic E-state index is 0.478. The summed E-state index contributed by atoms with van der Waals surface area (Å²) in [4.78, 5) is 0. The molecule has 1 N–H and O–H groups in total. The fourth-order valence-electron chi connectivity index (χ4n) is 3.35. The topological polar surface area (TPSA) is 30.5 Å². The lowest BCUT2D eigenvalue weighted by Crippen LogP contribution is -2.38. The van der Waals surface area contributed by atoms with Crippen LogP contribution in [0.3, 0.4) is 0 Å². The Morgan fingerprint density at radius 3 is 2.60 bits per heavy atom. The van der Waals surface area contributed by atoms with E-state index in [-0.39, 0.29) is 0 Å². The van der Waals surface area contributed by atoms with Crippen LogP contribution in [0.2, 0.25) is 0 Å². The van der Waals surface area contributed by atoms with E-state index in [1.165, 1.54) is 44.9 Å². The number of nitrogens with one attached hydrogen (secondary N) is 1. The van der Waals surface area contributed by atoms with Crippen LogP contribution in [0.25, 0.3) is 0 Å². The molecule has 0 aromatic rings. The first-order valence-electron chi connectivity index (χ1n) is 8.53. The molecule has 1 rings (SSSR count). The van der Waals surface area contributed by atoms with Gasteiger partial charge < -0.3 is 14.8 Å². The SMILES string of the molecule is CCCCC(CC)(CNCCOC)CC1CCOCC1. The average Bonchev–Trinajstić information content (AvgIpc) is 2.50. The first-order valence-corrected chi connectivity index (χ1v) is 8.53. The van der Waals surface area contributed by atoms with Crippen molar-refractivity contribution in [2.45, 2.75) is 58.8 Å². The molecule has 1 saturated heterocycles. The molecule has 120 valence electrons. The van der Waals surface area contributed by atoms with Gasteiger partial charge in [0.05, 0.1) is 6.61 Å². The second kappa shape index (κ2) is 10.6. The summed E-state index contributed by atoms with van der Waals surface area (Å²) in [7, 11) is 1.77. The minimum absolute atomic E-state index is 0.478. The summed E-state index contributed by atoms with van der Waals surface area (Å²) >= 11 is 0. The third-order valence-electron chi connectivity index (χ3n) is 4.86. The zero-order valence-corrected chi connectivity index (χ0v) is 13.9. The summed E-state index contributed by atoms with van der Waals surface area (Å²) in [5.74, 6) is 0.866.